The largest absolute Gasteiger partial charge is 0.465 e. The summed E-state index contributed by atoms with van der Waals surface area (Å²) in [5, 5.41) is 2.05. The molecule has 0 spiro atoms. The molecular formula is C17H20N2O4S2. The van der Waals surface area contributed by atoms with Crippen LogP contribution in [0.3, 0.4) is 0 Å². The van der Waals surface area contributed by atoms with Crippen molar-refractivity contribution in [1.82, 2.24) is 9.21 Å². The summed E-state index contributed by atoms with van der Waals surface area (Å²) in [7, 11) is -2.25. The van der Waals surface area contributed by atoms with Gasteiger partial charge in [-0.3, -0.25) is 4.90 Å². The minimum Gasteiger partial charge on any atom is -0.465 e. The molecule has 1 aliphatic heterocycles. The zero-order valence-corrected chi connectivity index (χ0v) is 15.6. The van der Waals surface area contributed by atoms with Crippen LogP contribution in [0.4, 0.5) is 0 Å². The van der Waals surface area contributed by atoms with Gasteiger partial charge < -0.3 is 4.74 Å². The Morgan fingerprint density at radius 3 is 2.36 bits per heavy atom. The van der Waals surface area contributed by atoms with Crippen molar-refractivity contribution in [3.05, 3.63) is 52.2 Å². The standard InChI is InChI=1S/C17H20N2O4S2/c1-23-17(20)14-4-6-16(7-5-14)25(21,22)19-10-8-18(9-11-19)13-15-3-2-12-24-15/h2-7,12H,8-11,13H2,1H3. The molecule has 2 heterocycles. The Balaban J connectivity index is 1.64. The van der Waals surface area contributed by atoms with Gasteiger partial charge >= 0.3 is 5.97 Å². The molecule has 25 heavy (non-hydrogen) atoms. The molecule has 0 unspecified atom stereocenters. The number of sulfonamides is 1. The highest BCUT2D eigenvalue weighted by atomic mass is 32.2. The second-order valence-corrected chi connectivity index (χ2v) is 8.75. The Hall–Kier alpha value is -1.74. The van der Waals surface area contributed by atoms with Crippen LogP contribution in [0.2, 0.25) is 0 Å². The second kappa shape index (κ2) is 7.65. The van der Waals surface area contributed by atoms with Crippen LogP contribution in [0.25, 0.3) is 0 Å². The first kappa shape index (κ1) is 18.1. The second-order valence-electron chi connectivity index (χ2n) is 5.78. The van der Waals surface area contributed by atoms with Crippen molar-refractivity contribution in [3.63, 3.8) is 0 Å². The summed E-state index contributed by atoms with van der Waals surface area (Å²) in [6.45, 7) is 3.20. The number of hydrogen-bond acceptors (Lipinski definition) is 6. The normalized spacial score (nSPS) is 16.7. The summed E-state index contributed by atoms with van der Waals surface area (Å²) < 4.78 is 31.6. The molecule has 134 valence electrons. The van der Waals surface area contributed by atoms with Gasteiger partial charge in [0.15, 0.2) is 0 Å². The molecule has 2 aromatic rings. The van der Waals surface area contributed by atoms with Gasteiger partial charge in [0.1, 0.15) is 0 Å². The maximum atomic E-state index is 12.8. The number of hydrogen-bond donors (Lipinski definition) is 0. The molecule has 6 nitrogen and oxygen atoms in total. The number of rotatable bonds is 5. The predicted molar refractivity (Wildman–Crippen MR) is 96.1 cm³/mol. The molecule has 0 N–H and O–H groups in total. The van der Waals surface area contributed by atoms with Gasteiger partial charge in [-0.2, -0.15) is 4.31 Å². The van der Waals surface area contributed by atoms with Crippen LogP contribution in [0, 0.1) is 0 Å². The number of piperazine rings is 1. The van der Waals surface area contributed by atoms with Crippen molar-refractivity contribution in [3.8, 4) is 0 Å². The van der Waals surface area contributed by atoms with Crippen LogP contribution in [-0.2, 0) is 21.3 Å². The maximum absolute atomic E-state index is 12.8. The lowest BCUT2D eigenvalue weighted by molar-refractivity contribution is 0.0600. The van der Waals surface area contributed by atoms with Gasteiger partial charge in [-0.25, -0.2) is 13.2 Å². The van der Waals surface area contributed by atoms with Crippen LogP contribution in [0.15, 0.2) is 46.7 Å². The van der Waals surface area contributed by atoms with E-state index >= 15 is 0 Å². The van der Waals surface area contributed by atoms with E-state index in [9.17, 15) is 13.2 Å². The highest BCUT2D eigenvalue weighted by molar-refractivity contribution is 7.89. The molecule has 1 aromatic heterocycles. The molecular weight excluding hydrogens is 360 g/mol. The lowest BCUT2D eigenvalue weighted by atomic mass is 10.2. The Morgan fingerprint density at radius 1 is 1.12 bits per heavy atom. The molecule has 3 rings (SSSR count). The molecule has 8 heteroatoms. The van der Waals surface area contributed by atoms with E-state index in [4.69, 9.17) is 0 Å². The average molecular weight is 380 g/mol. The van der Waals surface area contributed by atoms with Crippen LogP contribution in [0.5, 0.6) is 0 Å². The minimum absolute atomic E-state index is 0.201. The summed E-state index contributed by atoms with van der Waals surface area (Å²) in [4.78, 5) is 15.2. The van der Waals surface area contributed by atoms with Crippen molar-refractivity contribution in [1.29, 1.82) is 0 Å². The zero-order valence-electron chi connectivity index (χ0n) is 13.9. The van der Waals surface area contributed by atoms with E-state index in [1.54, 1.807) is 11.3 Å². The number of thiophene rings is 1. The summed E-state index contributed by atoms with van der Waals surface area (Å²) in [5.41, 5.74) is 0.335. The highest BCUT2D eigenvalue weighted by Crippen LogP contribution is 2.20. The van der Waals surface area contributed by atoms with Gasteiger partial charge in [0, 0.05) is 37.6 Å². The fourth-order valence-corrected chi connectivity index (χ4v) is 4.95. The maximum Gasteiger partial charge on any atom is 0.337 e. The van der Waals surface area contributed by atoms with E-state index in [1.165, 1.54) is 40.6 Å². The Bertz CT molecular complexity index is 809. The van der Waals surface area contributed by atoms with Crippen molar-refractivity contribution in [2.24, 2.45) is 0 Å². The Morgan fingerprint density at radius 2 is 1.80 bits per heavy atom. The third-order valence-electron chi connectivity index (χ3n) is 4.20. The van der Waals surface area contributed by atoms with Crippen LogP contribution in [0.1, 0.15) is 15.2 Å². The SMILES string of the molecule is COC(=O)c1ccc(S(=O)(=O)N2CCN(Cc3cccs3)CC2)cc1. The molecule has 0 bridgehead atoms. The number of benzene rings is 1. The fraction of sp³-hybridized carbons (Fsp3) is 0.353. The number of ether oxygens (including phenoxy) is 1. The number of esters is 1. The molecule has 0 atom stereocenters. The summed E-state index contributed by atoms with van der Waals surface area (Å²) in [6, 6.07) is 9.99. The molecule has 0 saturated carbocycles. The molecule has 0 radical (unpaired) electrons. The summed E-state index contributed by atoms with van der Waals surface area (Å²) in [6.07, 6.45) is 0. The van der Waals surface area contributed by atoms with Crippen LogP contribution in [-0.4, -0.2) is 56.9 Å². The lowest BCUT2D eigenvalue weighted by Crippen LogP contribution is -2.48. The zero-order chi connectivity index (χ0) is 17.9. The van der Waals surface area contributed by atoms with E-state index in [0.29, 0.717) is 31.7 Å². The Labute approximate surface area is 151 Å². The van der Waals surface area contributed by atoms with Gasteiger partial charge in [-0.05, 0) is 35.7 Å². The first-order valence-electron chi connectivity index (χ1n) is 7.94. The minimum atomic E-state index is -3.54. The fourth-order valence-electron chi connectivity index (χ4n) is 2.78. The molecule has 1 fully saturated rings. The van der Waals surface area contributed by atoms with Gasteiger partial charge in [0.05, 0.1) is 17.6 Å². The number of carbonyl (C=O) groups is 1. The van der Waals surface area contributed by atoms with Gasteiger partial charge in [-0.15, -0.1) is 11.3 Å². The number of nitrogens with zero attached hydrogens (tertiary/aromatic N) is 2. The van der Waals surface area contributed by atoms with Crippen LogP contribution < -0.4 is 0 Å². The molecule has 1 aromatic carbocycles. The van der Waals surface area contributed by atoms with Crippen molar-refractivity contribution < 1.29 is 17.9 Å². The third-order valence-corrected chi connectivity index (χ3v) is 6.98. The number of methoxy groups -OCH3 is 1. The quantitative estimate of drug-likeness (QED) is 0.743. The Kier molecular flexibility index (Phi) is 5.53. The van der Waals surface area contributed by atoms with E-state index < -0.39 is 16.0 Å². The van der Waals surface area contributed by atoms with Crippen molar-refractivity contribution in [2.45, 2.75) is 11.4 Å². The van der Waals surface area contributed by atoms with E-state index in [0.717, 1.165) is 6.54 Å². The van der Waals surface area contributed by atoms with E-state index in [1.807, 2.05) is 11.4 Å². The molecule has 1 saturated heterocycles. The lowest BCUT2D eigenvalue weighted by Gasteiger charge is -2.33. The summed E-state index contributed by atoms with van der Waals surface area (Å²) >= 11 is 1.71. The highest BCUT2D eigenvalue weighted by Gasteiger charge is 2.28. The number of carbonyl (C=O) groups excluding carboxylic acids is 1. The molecule has 1 aliphatic rings. The summed E-state index contributed by atoms with van der Waals surface area (Å²) in [5.74, 6) is -0.480. The van der Waals surface area contributed by atoms with Crippen molar-refractivity contribution in [2.75, 3.05) is 33.3 Å². The predicted octanol–water partition coefficient (Wildman–Crippen LogP) is 2.04. The van der Waals surface area contributed by atoms with Gasteiger partial charge in [0.2, 0.25) is 10.0 Å². The van der Waals surface area contributed by atoms with Gasteiger partial charge in [0.25, 0.3) is 0 Å². The first-order chi connectivity index (χ1) is 12.0. The molecule has 0 amide bonds. The topological polar surface area (TPSA) is 66.9 Å². The smallest absolute Gasteiger partial charge is 0.337 e. The third kappa shape index (κ3) is 4.09. The van der Waals surface area contributed by atoms with Crippen LogP contribution >= 0.6 is 11.3 Å². The van der Waals surface area contributed by atoms with E-state index in [2.05, 4.69) is 15.7 Å². The van der Waals surface area contributed by atoms with E-state index in [-0.39, 0.29) is 4.90 Å². The first-order valence-corrected chi connectivity index (χ1v) is 10.3. The molecule has 0 aliphatic carbocycles. The van der Waals surface area contributed by atoms with Crippen molar-refractivity contribution >= 4 is 27.3 Å². The average Bonchev–Trinajstić information content (AvgIpc) is 3.14. The van der Waals surface area contributed by atoms with Gasteiger partial charge in [-0.1, -0.05) is 6.07 Å². The monoisotopic (exact) mass is 380 g/mol.